The Labute approximate surface area is 248 Å². The van der Waals surface area contributed by atoms with Crippen LogP contribution >= 0.6 is 0 Å². The molecule has 0 spiro atoms. The number of aromatic nitrogens is 3. The van der Waals surface area contributed by atoms with Gasteiger partial charge in [0.25, 0.3) is 0 Å². The van der Waals surface area contributed by atoms with Crippen molar-refractivity contribution in [3.05, 3.63) is 67.0 Å². The lowest BCUT2D eigenvalue weighted by Gasteiger charge is -2.26. The number of likely N-dealkylation sites (N-methyl/N-ethyl adjacent to an activating group) is 2. The lowest BCUT2D eigenvalue weighted by molar-refractivity contribution is -0.111. The number of hydrogen-bond donors (Lipinski definition) is 2. The van der Waals surface area contributed by atoms with Crippen molar-refractivity contribution in [2.24, 2.45) is 0 Å². The summed E-state index contributed by atoms with van der Waals surface area (Å²) in [6, 6.07) is 13.8. The fraction of sp³-hybridized carbons (Fsp3) is 0.290. The summed E-state index contributed by atoms with van der Waals surface area (Å²) in [4.78, 5) is 23.6. The summed E-state index contributed by atoms with van der Waals surface area (Å²) in [7, 11) is 3.09. The summed E-state index contributed by atoms with van der Waals surface area (Å²) in [5.41, 5.74) is 3.74. The smallest absolute Gasteiger partial charge is 0.247 e. The van der Waals surface area contributed by atoms with E-state index in [2.05, 4.69) is 38.9 Å². The Morgan fingerprint density at radius 3 is 2.80 bits per heavy atom. The molecule has 0 bridgehead atoms. The van der Waals surface area contributed by atoms with Gasteiger partial charge in [0, 0.05) is 63.1 Å². The third-order valence-electron chi connectivity index (χ3n) is 6.92. The van der Waals surface area contributed by atoms with Crippen molar-refractivity contribution < 1.29 is 17.8 Å². The third kappa shape index (κ3) is 5.85. The Morgan fingerprint density at radius 1 is 1.29 bits per heavy atom. The van der Waals surface area contributed by atoms with Crippen molar-refractivity contribution in [1.82, 2.24) is 19.4 Å². The molecule has 5 rings (SSSR count). The van der Waals surface area contributed by atoms with E-state index in [1.54, 1.807) is 24.1 Å². The lowest BCUT2D eigenvalue weighted by atomic mass is 10.1. The molecule has 41 heavy (non-hydrogen) atoms. The van der Waals surface area contributed by atoms with Gasteiger partial charge in [0.1, 0.15) is 11.8 Å². The molecule has 0 saturated heterocycles. The van der Waals surface area contributed by atoms with E-state index in [9.17, 15) is 10.1 Å². The quantitative estimate of drug-likeness (QED) is 0.243. The minimum absolute atomic E-state index is 0.0137. The second kappa shape index (κ2) is 11.7. The van der Waals surface area contributed by atoms with Gasteiger partial charge >= 0.3 is 0 Å². The highest BCUT2D eigenvalue weighted by atomic mass is 16.5. The van der Waals surface area contributed by atoms with Crippen LogP contribution in [-0.2, 0) is 4.79 Å². The second-order valence-corrected chi connectivity index (χ2v) is 9.73. The van der Waals surface area contributed by atoms with Crippen LogP contribution in [0, 0.1) is 11.3 Å². The predicted molar refractivity (Wildman–Crippen MR) is 163 cm³/mol. The minimum atomic E-state index is -2.84. The molecule has 4 aromatic rings. The topological polar surface area (TPSA) is 111 Å². The predicted octanol–water partition coefficient (Wildman–Crippen LogP) is 5.18. The SMILES string of the molecule is [2H]C([2H])([2H])N(CCN(C)c1cc(OC)c(Nc2ncc(C#N)c(-c3cn(C4CC4)c4ccccc34)n2)cc1NC(=O)C=C)C([2H])([2H])[2H]. The molecular weight excluding hydrogens is 516 g/mol. The van der Waals surface area contributed by atoms with E-state index < -0.39 is 19.9 Å². The molecule has 2 heterocycles. The van der Waals surface area contributed by atoms with E-state index in [4.69, 9.17) is 17.9 Å². The number of para-hydroxylation sites is 1. The first-order chi connectivity index (χ1) is 22.2. The lowest BCUT2D eigenvalue weighted by Crippen LogP contribution is -2.29. The summed E-state index contributed by atoms with van der Waals surface area (Å²) < 4.78 is 53.9. The van der Waals surface area contributed by atoms with Crippen LogP contribution in [0.2, 0.25) is 0 Å². The number of methoxy groups -OCH3 is 1. The van der Waals surface area contributed by atoms with Gasteiger partial charge in [-0.3, -0.25) is 4.79 Å². The van der Waals surface area contributed by atoms with Crippen molar-refractivity contribution >= 4 is 39.8 Å². The standard InChI is InChI=1S/C31H34N8O2/c1-6-29(40)34-24-15-25(28(41-5)16-27(24)38(4)14-13-37(2)3)35-31-33-18-20(17-32)30(36-31)23-19-39(21-11-12-21)26-10-8-7-9-22(23)26/h6-10,15-16,18-19,21H,1,11-14H2,2-5H3,(H,34,40)(H,33,35,36)/i2D3,3D3. The van der Waals surface area contributed by atoms with Crippen molar-refractivity contribution in [3.8, 4) is 23.1 Å². The molecule has 0 radical (unpaired) electrons. The molecule has 10 nitrogen and oxygen atoms in total. The van der Waals surface area contributed by atoms with Crippen LogP contribution in [0.25, 0.3) is 22.2 Å². The second-order valence-electron chi connectivity index (χ2n) is 9.73. The van der Waals surface area contributed by atoms with Crippen molar-refractivity contribution in [2.45, 2.75) is 18.9 Å². The Morgan fingerprint density at radius 2 is 2.10 bits per heavy atom. The third-order valence-corrected chi connectivity index (χ3v) is 6.92. The number of nitrogens with one attached hydrogen (secondary N) is 2. The first-order valence-corrected chi connectivity index (χ1v) is 13.0. The number of ether oxygens (including phenoxy) is 1. The van der Waals surface area contributed by atoms with Crippen molar-refractivity contribution in [1.29, 1.82) is 5.26 Å². The molecule has 0 unspecified atom stereocenters. The fourth-order valence-corrected chi connectivity index (χ4v) is 4.70. The number of hydrogen-bond acceptors (Lipinski definition) is 8. The summed E-state index contributed by atoms with van der Waals surface area (Å²) in [5, 5.41) is 16.8. The maximum atomic E-state index is 12.4. The van der Waals surface area contributed by atoms with Gasteiger partial charge in [-0.25, -0.2) is 9.97 Å². The zero-order valence-corrected chi connectivity index (χ0v) is 22.8. The molecular formula is C31H34N8O2. The number of amides is 1. The number of rotatable bonds is 11. The number of nitriles is 1. The van der Waals surface area contributed by atoms with Gasteiger partial charge in [-0.05, 0) is 45.0 Å². The summed E-state index contributed by atoms with van der Waals surface area (Å²) >= 11 is 0. The Bertz CT molecular complexity index is 1850. The van der Waals surface area contributed by atoms with Gasteiger partial charge in [-0.1, -0.05) is 24.8 Å². The molecule has 2 aromatic carbocycles. The molecule has 2 aromatic heterocycles. The Kier molecular flexibility index (Phi) is 5.98. The van der Waals surface area contributed by atoms with E-state index in [1.807, 2.05) is 24.4 Å². The number of anilines is 4. The average molecular weight is 557 g/mol. The van der Waals surface area contributed by atoms with E-state index in [0.29, 0.717) is 45.0 Å². The van der Waals surface area contributed by atoms with E-state index in [0.717, 1.165) is 35.4 Å². The molecule has 210 valence electrons. The van der Waals surface area contributed by atoms with E-state index in [-0.39, 0.29) is 19.0 Å². The van der Waals surface area contributed by atoms with Gasteiger partial charge < -0.3 is 29.7 Å². The highest BCUT2D eigenvalue weighted by molar-refractivity contribution is 6.02. The highest BCUT2D eigenvalue weighted by Gasteiger charge is 2.27. The molecule has 0 aliphatic heterocycles. The summed E-state index contributed by atoms with van der Waals surface area (Å²) in [5.74, 6) is -0.00761. The summed E-state index contributed by atoms with van der Waals surface area (Å²) in [6.45, 7) is -2.50. The zero-order chi connectivity index (χ0) is 34.1. The van der Waals surface area contributed by atoms with Crippen molar-refractivity contribution in [3.63, 3.8) is 0 Å². The highest BCUT2D eigenvalue weighted by Crippen LogP contribution is 2.42. The molecule has 0 atom stereocenters. The maximum Gasteiger partial charge on any atom is 0.247 e. The van der Waals surface area contributed by atoms with Gasteiger partial charge in [-0.2, -0.15) is 5.26 Å². The first-order valence-electron chi connectivity index (χ1n) is 16.0. The average Bonchev–Trinajstić information content (AvgIpc) is 3.79. The fourth-order valence-electron chi connectivity index (χ4n) is 4.70. The molecule has 1 aliphatic carbocycles. The van der Waals surface area contributed by atoms with E-state index >= 15 is 0 Å². The Hall–Kier alpha value is -4.88. The molecule has 1 aliphatic rings. The molecule has 1 fully saturated rings. The molecule has 1 saturated carbocycles. The number of fused-ring (bicyclic) bond motifs is 1. The van der Waals surface area contributed by atoms with Crippen LogP contribution in [0.5, 0.6) is 5.75 Å². The van der Waals surface area contributed by atoms with Gasteiger partial charge in [0.2, 0.25) is 11.9 Å². The van der Waals surface area contributed by atoms with Gasteiger partial charge in [0.05, 0.1) is 41.6 Å². The number of benzene rings is 2. The largest absolute Gasteiger partial charge is 0.494 e. The van der Waals surface area contributed by atoms with Crippen molar-refractivity contribution in [2.75, 3.05) is 56.7 Å². The Balaban J connectivity index is 1.51. The molecule has 10 heteroatoms. The molecule has 2 N–H and O–H groups in total. The van der Waals surface area contributed by atoms with Crippen LogP contribution in [0.15, 0.2) is 61.4 Å². The van der Waals surface area contributed by atoms with E-state index in [1.165, 1.54) is 13.3 Å². The molecule has 1 amide bonds. The van der Waals surface area contributed by atoms with Crippen LogP contribution in [0.3, 0.4) is 0 Å². The van der Waals surface area contributed by atoms with Gasteiger partial charge in [0.15, 0.2) is 0 Å². The number of carbonyl (C=O) groups is 1. The van der Waals surface area contributed by atoms with Gasteiger partial charge in [-0.15, -0.1) is 0 Å². The summed E-state index contributed by atoms with van der Waals surface area (Å²) in [6.07, 6.45) is 6.76. The van der Waals surface area contributed by atoms with Crippen LogP contribution < -0.4 is 20.3 Å². The first kappa shape index (κ1) is 20.9. The monoisotopic (exact) mass is 556 g/mol. The normalized spacial score (nSPS) is 15.5. The number of carbonyl (C=O) groups excluding carboxylic acids is 1. The zero-order valence-electron chi connectivity index (χ0n) is 28.8. The maximum absolute atomic E-state index is 12.4. The number of nitrogens with zero attached hydrogens (tertiary/aromatic N) is 6. The van der Waals surface area contributed by atoms with Crippen LogP contribution in [0.1, 0.15) is 32.7 Å². The van der Waals surface area contributed by atoms with Crippen LogP contribution in [-0.4, -0.2) is 66.5 Å². The minimum Gasteiger partial charge on any atom is -0.494 e. The van der Waals surface area contributed by atoms with Crippen LogP contribution in [0.4, 0.5) is 23.0 Å².